The van der Waals surface area contributed by atoms with E-state index in [0.717, 1.165) is 0 Å². The highest BCUT2D eigenvalue weighted by Crippen LogP contribution is 2.54. The molecule has 1 saturated heterocycles. The monoisotopic (exact) mass is 282 g/mol. The molecule has 18 heavy (non-hydrogen) atoms. The smallest absolute Gasteiger partial charge is 0.263 e. The van der Waals surface area contributed by atoms with E-state index in [4.69, 9.17) is 0 Å². The lowest BCUT2D eigenvalue weighted by Gasteiger charge is -2.14. The summed E-state index contributed by atoms with van der Waals surface area (Å²) in [5, 5.41) is 2.37. The minimum absolute atomic E-state index is 0.0807. The summed E-state index contributed by atoms with van der Waals surface area (Å²) < 4.78 is 50.0. The molecule has 0 aromatic heterocycles. The first kappa shape index (κ1) is 13.7. The Bertz CT molecular complexity index is 452. The second-order valence-electron chi connectivity index (χ2n) is 4.80. The first-order valence-electron chi connectivity index (χ1n) is 5.90. The van der Waals surface area contributed by atoms with E-state index in [9.17, 15) is 22.0 Å². The Labute approximate surface area is 105 Å². The molecule has 8 heteroatoms. The number of rotatable bonds is 4. The largest absolute Gasteiger partial charge is 0.354 e. The maximum absolute atomic E-state index is 12.9. The van der Waals surface area contributed by atoms with Crippen molar-refractivity contribution < 1.29 is 22.0 Å². The molecule has 1 saturated carbocycles. The van der Waals surface area contributed by atoms with E-state index in [1.165, 1.54) is 11.2 Å². The zero-order valence-corrected chi connectivity index (χ0v) is 10.8. The van der Waals surface area contributed by atoms with E-state index < -0.39 is 33.7 Å². The number of hydrogen-bond donors (Lipinski definition) is 1. The van der Waals surface area contributed by atoms with E-state index >= 15 is 0 Å². The molecule has 1 aliphatic heterocycles. The summed E-state index contributed by atoms with van der Waals surface area (Å²) in [7, 11) is -3.19. The predicted octanol–water partition coefficient (Wildman–Crippen LogP) is 0.0393. The van der Waals surface area contributed by atoms with Gasteiger partial charge in [-0.3, -0.25) is 4.79 Å². The summed E-state index contributed by atoms with van der Waals surface area (Å²) in [6.45, 7) is 2.00. The van der Waals surface area contributed by atoms with Gasteiger partial charge in [-0.15, -0.1) is 0 Å². The fourth-order valence-electron chi connectivity index (χ4n) is 2.24. The molecule has 1 amide bonds. The molecule has 0 aromatic carbocycles. The van der Waals surface area contributed by atoms with Gasteiger partial charge in [-0.2, -0.15) is 0 Å². The molecule has 2 rings (SSSR count). The zero-order valence-electron chi connectivity index (χ0n) is 10.0. The van der Waals surface area contributed by atoms with Crippen molar-refractivity contribution in [1.29, 1.82) is 0 Å². The number of halogens is 2. The summed E-state index contributed by atoms with van der Waals surface area (Å²) in [6, 6.07) is 0. The number of nitrogens with zero attached hydrogens (tertiary/aromatic N) is 1. The van der Waals surface area contributed by atoms with Gasteiger partial charge in [0, 0.05) is 25.6 Å². The summed E-state index contributed by atoms with van der Waals surface area (Å²) >= 11 is 0. The zero-order chi connectivity index (χ0) is 13.6. The second kappa shape index (κ2) is 4.41. The third kappa shape index (κ3) is 2.35. The summed E-state index contributed by atoms with van der Waals surface area (Å²) in [5.41, 5.74) is 0. The molecule has 2 unspecified atom stereocenters. The van der Waals surface area contributed by atoms with Crippen LogP contribution in [0.4, 0.5) is 8.78 Å². The number of carbonyl (C=O) groups is 1. The molecule has 104 valence electrons. The quantitative estimate of drug-likeness (QED) is 0.791. The number of sulfonamides is 1. The van der Waals surface area contributed by atoms with E-state index in [-0.39, 0.29) is 18.8 Å². The molecule has 5 nitrogen and oxygen atoms in total. The predicted molar refractivity (Wildman–Crippen MR) is 60.6 cm³/mol. The topological polar surface area (TPSA) is 66.5 Å². The van der Waals surface area contributed by atoms with E-state index in [2.05, 4.69) is 5.32 Å². The van der Waals surface area contributed by atoms with Crippen LogP contribution in [0, 0.1) is 11.8 Å². The van der Waals surface area contributed by atoms with Crippen LogP contribution in [0.15, 0.2) is 0 Å². The minimum Gasteiger partial charge on any atom is -0.354 e. The third-order valence-electron chi connectivity index (χ3n) is 3.56. The SMILES string of the molecule is CC1C(C(=O)NCCN2CCCS2(=O)=O)C1(F)F. The molecule has 2 fully saturated rings. The van der Waals surface area contributed by atoms with Crippen LogP contribution in [0.5, 0.6) is 0 Å². The van der Waals surface area contributed by atoms with Gasteiger partial charge in [0.15, 0.2) is 0 Å². The van der Waals surface area contributed by atoms with Crippen molar-refractivity contribution in [3.8, 4) is 0 Å². The Kier molecular flexibility index (Phi) is 3.35. The molecular formula is C10H16F2N2O3S. The van der Waals surface area contributed by atoms with E-state index in [0.29, 0.717) is 13.0 Å². The average molecular weight is 282 g/mol. The van der Waals surface area contributed by atoms with Crippen molar-refractivity contribution in [2.45, 2.75) is 19.3 Å². The van der Waals surface area contributed by atoms with Crippen molar-refractivity contribution in [3.05, 3.63) is 0 Å². The van der Waals surface area contributed by atoms with Gasteiger partial charge in [-0.25, -0.2) is 21.5 Å². The molecule has 0 radical (unpaired) electrons. The highest BCUT2D eigenvalue weighted by atomic mass is 32.2. The molecule has 0 bridgehead atoms. The van der Waals surface area contributed by atoms with Crippen molar-refractivity contribution in [2.75, 3.05) is 25.4 Å². The Morgan fingerprint density at radius 3 is 2.56 bits per heavy atom. The number of hydrogen-bond acceptors (Lipinski definition) is 3. The van der Waals surface area contributed by atoms with Crippen molar-refractivity contribution >= 4 is 15.9 Å². The van der Waals surface area contributed by atoms with Crippen LogP contribution in [0.2, 0.25) is 0 Å². The first-order valence-corrected chi connectivity index (χ1v) is 7.51. The van der Waals surface area contributed by atoms with Crippen molar-refractivity contribution in [1.82, 2.24) is 9.62 Å². The van der Waals surface area contributed by atoms with Crippen LogP contribution in [0.25, 0.3) is 0 Å². The van der Waals surface area contributed by atoms with Gasteiger partial charge in [0.2, 0.25) is 15.9 Å². The third-order valence-corrected chi connectivity index (χ3v) is 5.52. The fraction of sp³-hybridized carbons (Fsp3) is 0.900. The fourth-order valence-corrected chi connectivity index (χ4v) is 3.77. The number of alkyl halides is 2. The second-order valence-corrected chi connectivity index (χ2v) is 6.89. The van der Waals surface area contributed by atoms with Gasteiger partial charge in [-0.1, -0.05) is 6.92 Å². The minimum atomic E-state index is -3.19. The van der Waals surface area contributed by atoms with Gasteiger partial charge in [0.25, 0.3) is 5.92 Å². The van der Waals surface area contributed by atoms with Crippen LogP contribution >= 0.6 is 0 Å². The Morgan fingerprint density at radius 2 is 2.11 bits per heavy atom. The number of carbonyl (C=O) groups excluding carboxylic acids is 1. The maximum atomic E-state index is 12.9. The van der Waals surface area contributed by atoms with Gasteiger partial charge in [0.05, 0.1) is 5.75 Å². The Balaban J connectivity index is 1.75. The standard InChI is InChI=1S/C10H16F2N2O3S/c1-7-8(10(7,11)12)9(15)13-3-5-14-4-2-6-18(14,16)17/h7-8H,2-6H2,1H3,(H,13,15). The molecule has 0 spiro atoms. The molecule has 1 heterocycles. The normalized spacial score (nSPS) is 33.3. The Morgan fingerprint density at radius 1 is 1.50 bits per heavy atom. The Hall–Kier alpha value is -0.760. The molecule has 1 aliphatic carbocycles. The first-order chi connectivity index (χ1) is 8.27. The lowest BCUT2D eigenvalue weighted by Crippen LogP contribution is -2.37. The molecule has 2 atom stereocenters. The van der Waals surface area contributed by atoms with Crippen LogP contribution in [-0.2, 0) is 14.8 Å². The highest BCUT2D eigenvalue weighted by Gasteiger charge is 2.69. The number of amides is 1. The van der Waals surface area contributed by atoms with Crippen molar-refractivity contribution in [3.63, 3.8) is 0 Å². The van der Waals surface area contributed by atoms with Crippen LogP contribution in [-0.4, -0.2) is 49.9 Å². The van der Waals surface area contributed by atoms with Crippen LogP contribution in [0.1, 0.15) is 13.3 Å². The number of nitrogens with one attached hydrogen (secondary N) is 1. The summed E-state index contributed by atoms with van der Waals surface area (Å²) in [6.07, 6.45) is 0.577. The molecule has 0 aromatic rings. The molecule has 1 N–H and O–H groups in total. The van der Waals surface area contributed by atoms with E-state index in [1.54, 1.807) is 0 Å². The van der Waals surface area contributed by atoms with Crippen LogP contribution in [0.3, 0.4) is 0 Å². The van der Waals surface area contributed by atoms with Crippen LogP contribution < -0.4 is 5.32 Å². The van der Waals surface area contributed by atoms with Gasteiger partial charge in [0.1, 0.15) is 5.92 Å². The lowest BCUT2D eigenvalue weighted by atomic mass is 10.3. The molecular weight excluding hydrogens is 266 g/mol. The van der Waals surface area contributed by atoms with Gasteiger partial charge in [-0.05, 0) is 6.42 Å². The maximum Gasteiger partial charge on any atom is 0.263 e. The summed E-state index contributed by atoms with van der Waals surface area (Å²) in [5.74, 6) is -5.66. The van der Waals surface area contributed by atoms with E-state index in [1.807, 2.05) is 0 Å². The highest BCUT2D eigenvalue weighted by molar-refractivity contribution is 7.89. The van der Waals surface area contributed by atoms with Crippen molar-refractivity contribution in [2.24, 2.45) is 11.8 Å². The van der Waals surface area contributed by atoms with Gasteiger partial charge >= 0.3 is 0 Å². The molecule has 2 aliphatic rings. The lowest BCUT2D eigenvalue weighted by molar-refractivity contribution is -0.124. The summed E-state index contributed by atoms with van der Waals surface area (Å²) in [4.78, 5) is 11.4. The average Bonchev–Trinajstić information content (AvgIpc) is 2.58. The van der Waals surface area contributed by atoms with Gasteiger partial charge < -0.3 is 5.32 Å².